The van der Waals surface area contributed by atoms with Gasteiger partial charge in [0, 0.05) is 17.3 Å². The molecule has 5 fully saturated rings. The number of carbonyl (C=O) groups is 1. The maximum absolute atomic E-state index is 13.8. The molecule has 0 amide bonds. The Morgan fingerprint density at radius 1 is 1.00 bits per heavy atom. The number of halogens is 6. The first-order valence-corrected chi connectivity index (χ1v) is 11.0. The lowest BCUT2D eigenvalue weighted by atomic mass is 9.47. The van der Waals surface area contributed by atoms with Crippen molar-refractivity contribution in [3.63, 3.8) is 0 Å². The molecular formula is C17H19F6O7S-. The molecule has 2 unspecified atom stereocenters. The van der Waals surface area contributed by atoms with Crippen molar-refractivity contribution in [2.45, 2.75) is 55.0 Å². The molecule has 2 atom stereocenters. The van der Waals surface area contributed by atoms with E-state index in [1.165, 1.54) is 0 Å². The van der Waals surface area contributed by atoms with E-state index in [9.17, 15) is 44.1 Å². The molecule has 0 aromatic heterocycles. The molecule has 4 bridgehead atoms. The van der Waals surface area contributed by atoms with Crippen molar-refractivity contribution >= 4 is 16.1 Å². The fraction of sp³-hybridized carbons (Fsp3) is 0.941. The number of alkyl halides is 6. The molecule has 0 N–H and O–H groups in total. The van der Waals surface area contributed by atoms with Crippen LogP contribution in [0.4, 0.5) is 26.3 Å². The van der Waals surface area contributed by atoms with Crippen LogP contribution in [0.2, 0.25) is 0 Å². The van der Waals surface area contributed by atoms with Crippen molar-refractivity contribution in [1.29, 1.82) is 0 Å². The van der Waals surface area contributed by atoms with Crippen LogP contribution in [0.25, 0.3) is 0 Å². The first-order valence-electron chi connectivity index (χ1n) is 9.58. The van der Waals surface area contributed by atoms with Crippen molar-refractivity contribution < 1.29 is 58.3 Å². The Morgan fingerprint density at radius 3 is 1.94 bits per heavy atom. The summed E-state index contributed by atoms with van der Waals surface area (Å²) in [5.41, 5.74) is -0.899. The van der Waals surface area contributed by atoms with Gasteiger partial charge in [-0.05, 0) is 38.0 Å². The van der Waals surface area contributed by atoms with Crippen LogP contribution < -0.4 is 0 Å². The second kappa shape index (κ2) is 6.70. The zero-order chi connectivity index (χ0) is 23.1. The SMILES string of the molecule is O=C(OCC12CC3CC(C1)C1(OCC(F)(F)C(F)(F)CO1)C(C3)C2)C(F)(F)S(=O)(=O)[O-]. The van der Waals surface area contributed by atoms with E-state index in [0.717, 1.165) is 0 Å². The van der Waals surface area contributed by atoms with Crippen LogP contribution in [-0.2, 0) is 29.1 Å². The van der Waals surface area contributed by atoms with Crippen molar-refractivity contribution in [3.05, 3.63) is 0 Å². The van der Waals surface area contributed by atoms with E-state index in [1.54, 1.807) is 0 Å². The van der Waals surface area contributed by atoms with E-state index in [-0.39, 0.29) is 18.8 Å². The zero-order valence-corrected chi connectivity index (χ0v) is 16.7. The van der Waals surface area contributed by atoms with E-state index in [4.69, 9.17) is 9.47 Å². The molecule has 4 aliphatic carbocycles. The van der Waals surface area contributed by atoms with E-state index in [1.807, 2.05) is 0 Å². The number of esters is 1. The molecule has 4 saturated carbocycles. The Balaban J connectivity index is 1.52. The quantitative estimate of drug-likeness (QED) is 0.346. The third kappa shape index (κ3) is 3.44. The van der Waals surface area contributed by atoms with E-state index >= 15 is 0 Å². The highest BCUT2D eigenvalue weighted by molar-refractivity contribution is 7.87. The molecule has 0 radical (unpaired) electrons. The summed E-state index contributed by atoms with van der Waals surface area (Å²) in [4.78, 5) is 11.5. The Morgan fingerprint density at radius 2 is 1.48 bits per heavy atom. The number of hydrogen-bond donors (Lipinski definition) is 0. The van der Waals surface area contributed by atoms with Gasteiger partial charge in [0.15, 0.2) is 15.9 Å². The van der Waals surface area contributed by atoms with Gasteiger partial charge in [0.25, 0.3) is 0 Å². The van der Waals surface area contributed by atoms with Crippen LogP contribution in [-0.4, -0.2) is 61.6 Å². The number of hydrogen-bond acceptors (Lipinski definition) is 7. The van der Waals surface area contributed by atoms with Gasteiger partial charge in [-0.1, -0.05) is 0 Å². The largest absolute Gasteiger partial charge is 0.743 e. The van der Waals surface area contributed by atoms with Crippen molar-refractivity contribution in [2.24, 2.45) is 23.2 Å². The topological polar surface area (TPSA) is 102 Å². The van der Waals surface area contributed by atoms with Crippen LogP contribution in [0, 0.1) is 23.2 Å². The normalized spacial score (nSPS) is 38.1. The Hall–Kier alpha value is -1.12. The second-order valence-corrected chi connectivity index (χ2v) is 10.5. The molecule has 14 heteroatoms. The van der Waals surface area contributed by atoms with Crippen LogP contribution >= 0.6 is 0 Å². The van der Waals surface area contributed by atoms with Gasteiger partial charge in [-0.3, -0.25) is 0 Å². The average molecular weight is 481 g/mol. The van der Waals surface area contributed by atoms with Gasteiger partial charge >= 0.3 is 23.1 Å². The predicted octanol–water partition coefficient (Wildman–Crippen LogP) is 2.51. The molecule has 1 saturated heterocycles. The minimum Gasteiger partial charge on any atom is -0.743 e. The molecule has 7 nitrogen and oxygen atoms in total. The third-order valence-electron chi connectivity index (χ3n) is 7.01. The van der Waals surface area contributed by atoms with Crippen LogP contribution in [0.5, 0.6) is 0 Å². The molecule has 31 heavy (non-hydrogen) atoms. The smallest absolute Gasteiger partial charge is 0.428 e. The lowest BCUT2D eigenvalue weighted by molar-refractivity contribution is -0.350. The number of carbonyl (C=O) groups excluding carboxylic acids is 1. The summed E-state index contributed by atoms with van der Waals surface area (Å²) in [6.07, 6.45) is 1.44. The summed E-state index contributed by atoms with van der Waals surface area (Å²) in [6.45, 7) is -3.69. The summed E-state index contributed by atoms with van der Waals surface area (Å²) in [5, 5.41) is -5.25. The highest BCUT2D eigenvalue weighted by atomic mass is 32.2. The molecule has 5 aliphatic rings. The predicted molar refractivity (Wildman–Crippen MR) is 86.1 cm³/mol. The van der Waals surface area contributed by atoms with Crippen LogP contribution in [0.3, 0.4) is 0 Å². The monoisotopic (exact) mass is 481 g/mol. The Kier molecular flexibility index (Phi) is 4.98. The van der Waals surface area contributed by atoms with E-state index in [0.29, 0.717) is 19.3 Å². The molecule has 5 rings (SSSR count). The molecule has 1 spiro atoms. The number of ether oxygens (including phenoxy) is 3. The minimum absolute atomic E-state index is 0.0259. The summed E-state index contributed by atoms with van der Waals surface area (Å²) in [5.74, 6) is -14.3. The average Bonchev–Trinajstić information content (AvgIpc) is 2.72. The molecule has 0 aromatic rings. The zero-order valence-electron chi connectivity index (χ0n) is 15.9. The molecule has 1 aliphatic heterocycles. The first kappa shape index (κ1) is 23.1. The molecule has 1 heterocycles. The molecule has 0 aromatic carbocycles. The number of rotatable bonds is 4. The van der Waals surface area contributed by atoms with Crippen molar-refractivity contribution in [3.8, 4) is 0 Å². The summed E-state index contributed by atoms with van der Waals surface area (Å²) in [6, 6.07) is 0. The maximum Gasteiger partial charge on any atom is 0.428 e. The van der Waals surface area contributed by atoms with Gasteiger partial charge in [0.05, 0.1) is 6.61 Å². The second-order valence-electron chi connectivity index (χ2n) is 9.10. The van der Waals surface area contributed by atoms with E-state index < -0.39 is 76.0 Å². The van der Waals surface area contributed by atoms with E-state index in [2.05, 4.69) is 4.74 Å². The minimum atomic E-state index is -6.27. The lowest BCUT2D eigenvalue weighted by Gasteiger charge is -2.63. The fourth-order valence-corrected chi connectivity index (χ4v) is 6.06. The molecule has 178 valence electrons. The fourth-order valence-electron chi connectivity index (χ4n) is 5.80. The van der Waals surface area contributed by atoms with Gasteiger partial charge in [-0.15, -0.1) is 0 Å². The molecular weight excluding hydrogens is 462 g/mol. The van der Waals surface area contributed by atoms with Gasteiger partial charge in [-0.25, -0.2) is 13.2 Å². The third-order valence-corrected chi connectivity index (χ3v) is 7.80. The summed E-state index contributed by atoms with van der Waals surface area (Å²) in [7, 11) is -6.27. The maximum atomic E-state index is 13.8. The highest BCUT2D eigenvalue weighted by Crippen LogP contribution is 2.66. The standard InChI is InChI=1S/C17H20F6O7S/c18-14(19)7-29-16(30-8-15(14,20)21)10-1-9-2-11(16)5-13(3-9,4-10)6-28-12(24)17(22,23)31(25,26)27/h9-11H,1-8H2,(H,25,26,27)/p-1. The Bertz CT molecular complexity index is 840. The van der Waals surface area contributed by atoms with Crippen molar-refractivity contribution in [2.75, 3.05) is 19.8 Å². The van der Waals surface area contributed by atoms with Gasteiger partial charge < -0.3 is 18.8 Å². The van der Waals surface area contributed by atoms with Gasteiger partial charge in [-0.2, -0.15) is 26.3 Å². The van der Waals surface area contributed by atoms with Crippen molar-refractivity contribution in [1.82, 2.24) is 0 Å². The highest BCUT2D eigenvalue weighted by Gasteiger charge is 2.69. The van der Waals surface area contributed by atoms with Crippen LogP contribution in [0.1, 0.15) is 32.1 Å². The van der Waals surface area contributed by atoms with Gasteiger partial charge in [0.1, 0.15) is 13.2 Å². The van der Waals surface area contributed by atoms with Crippen LogP contribution in [0.15, 0.2) is 0 Å². The summed E-state index contributed by atoms with van der Waals surface area (Å²) >= 11 is 0. The first-order chi connectivity index (χ1) is 14.0. The lowest BCUT2D eigenvalue weighted by Crippen LogP contribution is -2.64. The summed E-state index contributed by atoms with van der Waals surface area (Å²) < 4.78 is 129. The van der Waals surface area contributed by atoms with Gasteiger partial charge in [0.2, 0.25) is 0 Å². The Labute approximate surface area is 173 Å².